The molecule has 1 aromatic carbocycles. The van der Waals surface area contributed by atoms with Crippen LogP contribution < -0.4 is 6.15 Å². The Kier molecular flexibility index (Phi) is 5.05. The van der Waals surface area contributed by atoms with Gasteiger partial charge in [-0.2, -0.15) is 8.42 Å². The summed E-state index contributed by atoms with van der Waals surface area (Å²) in [6.07, 6.45) is 0. The number of phenolic OH excluding ortho intramolecular Hbond substituents is 1. The van der Waals surface area contributed by atoms with Crippen LogP contribution in [0.4, 0.5) is 0 Å². The predicted octanol–water partition coefficient (Wildman–Crippen LogP) is 3.40. The smallest absolute Gasteiger partial charge is 0.294 e. The average Bonchev–Trinajstić information content (AvgIpc) is 2.11. The maximum Gasteiger partial charge on any atom is 0.294 e. The van der Waals surface area contributed by atoms with Gasteiger partial charge in [0.1, 0.15) is 5.75 Å². The summed E-state index contributed by atoms with van der Waals surface area (Å²) in [5.41, 5.74) is 0.162. The summed E-state index contributed by atoms with van der Waals surface area (Å²) in [4.78, 5) is -0.180. The fraction of sp³-hybridized carbons (Fsp3) is 0.571. The lowest BCUT2D eigenvalue weighted by Crippen LogP contribution is -2.18. The van der Waals surface area contributed by atoms with Crippen LogP contribution in [0.5, 0.6) is 5.75 Å². The van der Waals surface area contributed by atoms with Gasteiger partial charge in [-0.05, 0) is 23.0 Å². The zero-order chi connectivity index (χ0) is 15.2. The Labute approximate surface area is 121 Å². The van der Waals surface area contributed by atoms with Gasteiger partial charge < -0.3 is 11.3 Å². The molecule has 0 unspecified atom stereocenters. The highest BCUT2D eigenvalue weighted by Crippen LogP contribution is 2.40. The highest BCUT2D eigenvalue weighted by Gasteiger charge is 2.28. The lowest BCUT2D eigenvalue weighted by molar-refractivity contribution is 0.421. The fourth-order valence-electron chi connectivity index (χ4n) is 1.90. The molecule has 0 saturated heterocycles. The molecule has 1 aromatic rings. The standard InChI is InChI=1S/C14H22O4S.H3N/c1-13(2,3)10-7-9(19(16,17)18)8-11(12(10)15)14(4,5)6;/h7-8,15H,1-6H3,(H,16,17,18);1H3. The summed E-state index contributed by atoms with van der Waals surface area (Å²) in [6, 6.07) is 2.67. The number of hydrogen-bond donors (Lipinski definition) is 3. The molecule has 5 N–H and O–H groups in total. The number of aromatic hydroxyl groups is 1. The summed E-state index contributed by atoms with van der Waals surface area (Å²) >= 11 is 0. The molecule has 5 nitrogen and oxygen atoms in total. The van der Waals surface area contributed by atoms with Crippen LogP contribution in [0.1, 0.15) is 52.7 Å². The van der Waals surface area contributed by atoms with Gasteiger partial charge in [0.05, 0.1) is 4.90 Å². The monoisotopic (exact) mass is 303 g/mol. The largest absolute Gasteiger partial charge is 0.507 e. The van der Waals surface area contributed by atoms with Crippen LogP contribution in [0.2, 0.25) is 0 Å². The molecule has 0 aliphatic carbocycles. The number of hydrogen-bond acceptors (Lipinski definition) is 4. The van der Waals surface area contributed by atoms with Gasteiger partial charge in [0.15, 0.2) is 0 Å². The third-order valence-corrected chi connectivity index (χ3v) is 3.83. The highest BCUT2D eigenvalue weighted by atomic mass is 32.2. The van der Waals surface area contributed by atoms with Crippen molar-refractivity contribution in [2.45, 2.75) is 57.3 Å². The highest BCUT2D eigenvalue weighted by molar-refractivity contribution is 7.85. The molecular weight excluding hydrogens is 278 g/mol. The molecule has 116 valence electrons. The third kappa shape index (κ3) is 3.94. The lowest BCUT2D eigenvalue weighted by Gasteiger charge is -2.27. The van der Waals surface area contributed by atoms with E-state index >= 15 is 0 Å². The van der Waals surface area contributed by atoms with Gasteiger partial charge in [-0.15, -0.1) is 0 Å². The van der Waals surface area contributed by atoms with Crippen molar-refractivity contribution < 1.29 is 18.1 Å². The Morgan fingerprint density at radius 1 is 0.900 bits per heavy atom. The van der Waals surface area contributed by atoms with Crippen molar-refractivity contribution in [2.75, 3.05) is 0 Å². The molecule has 0 aliphatic rings. The van der Waals surface area contributed by atoms with E-state index in [1.165, 1.54) is 12.1 Å². The fourth-order valence-corrected chi connectivity index (χ4v) is 2.43. The first-order valence-electron chi connectivity index (χ1n) is 6.10. The van der Waals surface area contributed by atoms with E-state index in [2.05, 4.69) is 0 Å². The minimum absolute atomic E-state index is 0. The summed E-state index contributed by atoms with van der Waals surface area (Å²) in [7, 11) is -4.30. The Hall–Kier alpha value is -1.11. The van der Waals surface area contributed by atoms with E-state index in [9.17, 15) is 18.1 Å². The Morgan fingerprint density at radius 3 is 1.40 bits per heavy atom. The van der Waals surface area contributed by atoms with Gasteiger partial charge in [0, 0.05) is 11.1 Å². The molecule has 0 atom stereocenters. The molecule has 0 aromatic heterocycles. The van der Waals surface area contributed by atoms with Crippen LogP contribution in [-0.4, -0.2) is 18.1 Å². The molecule has 0 amide bonds. The normalized spacial score (nSPS) is 12.9. The molecule has 0 saturated carbocycles. The van der Waals surface area contributed by atoms with Crippen LogP contribution in [0.3, 0.4) is 0 Å². The first kappa shape index (κ1) is 18.9. The molecule has 0 spiro atoms. The Bertz CT molecular complexity index is 558. The number of rotatable bonds is 1. The van der Waals surface area contributed by atoms with E-state index in [0.717, 1.165) is 0 Å². The predicted molar refractivity (Wildman–Crippen MR) is 80.3 cm³/mol. The van der Waals surface area contributed by atoms with Crippen LogP contribution in [0, 0.1) is 0 Å². The maximum absolute atomic E-state index is 11.4. The van der Waals surface area contributed by atoms with Crippen LogP contribution in [0.15, 0.2) is 17.0 Å². The van der Waals surface area contributed by atoms with E-state index < -0.39 is 20.9 Å². The van der Waals surface area contributed by atoms with E-state index in [0.29, 0.717) is 11.1 Å². The number of benzene rings is 1. The second kappa shape index (κ2) is 5.35. The second-order valence-corrected chi connectivity index (χ2v) is 8.26. The van der Waals surface area contributed by atoms with Crippen molar-refractivity contribution in [1.29, 1.82) is 0 Å². The first-order chi connectivity index (χ1) is 8.24. The average molecular weight is 303 g/mol. The van der Waals surface area contributed by atoms with Crippen molar-refractivity contribution >= 4 is 10.1 Å². The molecule has 0 bridgehead atoms. The van der Waals surface area contributed by atoms with E-state index in [1.54, 1.807) is 0 Å². The quantitative estimate of drug-likeness (QED) is 0.689. The van der Waals surface area contributed by atoms with Gasteiger partial charge in [0.25, 0.3) is 10.1 Å². The van der Waals surface area contributed by atoms with E-state index in [1.807, 2.05) is 41.5 Å². The molecule has 0 fully saturated rings. The van der Waals surface area contributed by atoms with Gasteiger partial charge in [-0.1, -0.05) is 41.5 Å². The summed E-state index contributed by atoms with van der Waals surface area (Å²) < 4.78 is 32.0. The molecule has 0 radical (unpaired) electrons. The molecule has 6 heteroatoms. The van der Waals surface area contributed by atoms with Crippen molar-refractivity contribution in [3.05, 3.63) is 23.3 Å². The van der Waals surface area contributed by atoms with Crippen molar-refractivity contribution in [3.8, 4) is 5.75 Å². The lowest BCUT2D eigenvalue weighted by atomic mass is 9.79. The van der Waals surface area contributed by atoms with E-state index in [4.69, 9.17) is 0 Å². The van der Waals surface area contributed by atoms with Crippen molar-refractivity contribution in [3.63, 3.8) is 0 Å². The minimum Gasteiger partial charge on any atom is -0.507 e. The second-order valence-electron chi connectivity index (χ2n) is 6.84. The van der Waals surface area contributed by atoms with E-state index in [-0.39, 0.29) is 16.8 Å². The van der Waals surface area contributed by atoms with Crippen molar-refractivity contribution in [1.82, 2.24) is 6.15 Å². The van der Waals surface area contributed by atoms with Gasteiger partial charge in [-0.25, -0.2) is 0 Å². The SMILES string of the molecule is CC(C)(C)c1cc(S(=O)(=O)O)cc(C(C)(C)C)c1O.N. The van der Waals surface area contributed by atoms with Crippen LogP contribution in [0.25, 0.3) is 0 Å². The van der Waals surface area contributed by atoms with Crippen LogP contribution in [-0.2, 0) is 20.9 Å². The van der Waals surface area contributed by atoms with Gasteiger partial charge >= 0.3 is 0 Å². The maximum atomic E-state index is 11.4. The minimum atomic E-state index is -4.30. The topological polar surface area (TPSA) is 110 Å². The third-order valence-electron chi connectivity index (χ3n) is 3.00. The summed E-state index contributed by atoms with van der Waals surface area (Å²) in [5, 5.41) is 10.4. The van der Waals surface area contributed by atoms with Crippen LogP contribution >= 0.6 is 0 Å². The zero-order valence-electron chi connectivity index (χ0n) is 13.0. The van der Waals surface area contributed by atoms with Crippen molar-refractivity contribution in [2.24, 2.45) is 0 Å². The molecule has 0 heterocycles. The van der Waals surface area contributed by atoms with Gasteiger partial charge in [-0.3, -0.25) is 4.55 Å². The van der Waals surface area contributed by atoms with Gasteiger partial charge in [0.2, 0.25) is 0 Å². The summed E-state index contributed by atoms with van der Waals surface area (Å²) in [6.45, 7) is 11.3. The first-order valence-corrected chi connectivity index (χ1v) is 7.54. The Morgan fingerprint density at radius 2 is 1.20 bits per heavy atom. The zero-order valence-corrected chi connectivity index (χ0v) is 13.8. The molecule has 1 rings (SSSR count). The molecule has 0 aliphatic heterocycles. The molecule has 20 heavy (non-hydrogen) atoms. The molecular formula is C14H25NO4S. The summed E-state index contributed by atoms with van der Waals surface area (Å²) in [5.74, 6) is 0.0902. The Balaban J connectivity index is 0.00000361. The number of phenols is 1.